The zero-order chi connectivity index (χ0) is 16.4. The molecule has 0 radical (unpaired) electrons. The van der Waals surface area contributed by atoms with Crippen LogP contribution in [0.5, 0.6) is 0 Å². The van der Waals surface area contributed by atoms with E-state index in [0.29, 0.717) is 11.4 Å². The molecule has 1 aliphatic rings. The predicted molar refractivity (Wildman–Crippen MR) is 89.6 cm³/mol. The van der Waals surface area contributed by atoms with Crippen molar-refractivity contribution in [1.82, 2.24) is 9.88 Å². The Morgan fingerprint density at radius 1 is 1.39 bits per heavy atom. The summed E-state index contributed by atoms with van der Waals surface area (Å²) in [7, 11) is 0. The summed E-state index contributed by atoms with van der Waals surface area (Å²) < 4.78 is 0. The first kappa shape index (κ1) is 16.0. The number of pyridine rings is 1. The number of halogens is 1. The van der Waals surface area contributed by atoms with Gasteiger partial charge in [0.2, 0.25) is 0 Å². The van der Waals surface area contributed by atoms with Gasteiger partial charge in [0.15, 0.2) is 0 Å². The second-order valence-electron chi connectivity index (χ2n) is 5.90. The summed E-state index contributed by atoms with van der Waals surface area (Å²) in [5.74, 6) is -0.775. The number of hydrogen-bond donors (Lipinski definition) is 1. The van der Waals surface area contributed by atoms with Gasteiger partial charge in [-0.25, -0.2) is 0 Å². The molecule has 3 rings (SSSR count). The van der Waals surface area contributed by atoms with Crippen molar-refractivity contribution in [3.8, 4) is 0 Å². The van der Waals surface area contributed by atoms with Gasteiger partial charge >= 0.3 is 5.97 Å². The first-order chi connectivity index (χ1) is 11.1. The van der Waals surface area contributed by atoms with E-state index in [-0.39, 0.29) is 6.04 Å². The average molecular weight is 331 g/mol. The highest BCUT2D eigenvalue weighted by Gasteiger charge is 2.37. The fourth-order valence-corrected chi connectivity index (χ4v) is 3.53. The van der Waals surface area contributed by atoms with Crippen molar-refractivity contribution in [2.45, 2.75) is 31.8 Å². The van der Waals surface area contributed by atoms with Crippen LogP contribution in [0.25, 0.3) is 0 Å². The standard InChI is InChI=1S/C18H19ClN2O2/c1-12-5-3-9-20-16(12)17(13-6-2-7-14(19)11-13)21-10-4-8-15(21)18(22)23/h2-3,5-7,9,11,15,17H,4,8,10H2,1H3,(H,22,23). The Bertz CT molecular complexity index is 720. The molecule has 23 heavy (non-hydrogen) atoms. The maximum atomic E-state index is 11.6. The third-order valence-corrected chi connectivity index (χ3v) is 4.62. The molecule has 120 valence electrons. The van der Waals surface area contributed by atoms with Crippen LogP contribution in [0.3, 0.4) is 0 Å². The van der Waals surface area contributed by atoms with Gasteiger partial charge in [0, 0.05) is 17.8 Å². The van der Waals surface area contributed by atoms with Crippen LogP contribution in [-0.4, -0.2) is 33.5 Å². The molecule has 0 aliphatic carbocycles. The summed E-state index contributed by atoms with van der Waals surface area (Å²) in [6.45, 7) is 2.75. The Kier molecular flexibility index (Phi) is 4.64. The molecule has 2 heterocycles. The van der Waals surface area contributed by atoms with Gasteiger partial charge in [-0.05, 0) is 49.1 Å². The molecule has 1 N–H and O–H groups in total. The van der Waals surface area contributed by atoms with E-state index in [0.717, 1.165) is 29.8 Å². The van der Waals surface area contributed by atoms with Crippen LogP contribution in [0.15, 0.2) is 42.6 Å². The molecule has 1 aromatic carbocycles. The second-order valence-corrected chi connectivity index (χ2v) is 6.33. The van der Waals surface area contributed by atoms with E-state index in [1.807, 2.05) is 48.2 Å². The second kappa shape index (κ2) is 6.69. The number of carboxylic acid groups (broad SMARTS) is 1. The molecule has 2 unspecified atom stereocenters. The molecule has 0 amide bonds. The number of carboxylic acids is 1. The highest BCUT2D eigenvalue weighted by atomic mass is 35.5. The minimum Gasteiger partial charge on any atom is -0.480 e. The normalized spacial score (nSPS) is 19.7. The van der Waals surface area contributed by atoms with Gasteiger partial charge in [-0.3, -0.25) is 14.7 Å². The Balaban J connectivity index is 2.11. The van der Waals surface area contributed by atoms with Crippen LogP contribution < -0.4 is 0 Å². The zero-order valence-electron chi connectivity index (χ0n) is 12.9. The topological polar surface area (TPSA) is 53.4 Å². The minimum absolute atomic E-state index is 0.196. The Hall–Kier alpha value is -1.91. The van der Waals surface area contributed by atoms with E-state index in [9.17, 15) is 9.90 Å². The molecule has 1 aliphatic heterocycles. The van der Waals surface area contributed by atoms with Crippen molar-refractivity contribution in [3.05, 3.63) is 64.4 Å². The van der Waals surface area contributed by atoms with Crippen LogP contribution in [-0.2, 0) is 4.79 Å². The van der Waals surface area contributed by atoms with Crippen LogP contribution >= 0.6 is 11.6 Å². The van der Waals surface area contributed by atoms with Gasteiger partial charge < -0.3 is 5.11 Å². The van der Waals surface area contributed by atoms with Gasteiger partial charge in [0.25, 0.3) is 0 Å². The number of aryl methyl sites for hydroxylation is 1. The first-order valence-corrected chi connectivity index (χ1v) is 8.11. The van der Waals surface area contributed by atoms with Crippen LogP contribution in [0, 0.1) is 6.92 Å². The molecule has 0 bridgehead atoms. The zero-order valence-corrected chi connectivity index (χ0v) is 13.7. The Morgan fingerprint density at radius 3 is 2.91 bits per heavy atom. The van der Waals surface area contributed by atoms with Gasteiger partial charge in [-0.1, -0.05) is 29.8 Å². The van der Waals surface area contributed by atoms with E-state index in [1.54, 1.807) is 6.20 Å². The molecule has 0 saturated carbocycles. The first-order valence-electron chi connectivity index (χ1n) is 7.73. The third kappa shape index (κ3) is 3.23. The number of aliphatic carboxylic acids is 1. The summed E-state index contributed by atoms with van der Waals surface area (Å²) in [6.07, 6.45) is 3.30. The predicted octanol–water partition coefficient (Wildman–Crippen LogP) is 3.68. The van der Waals surface area contributed by atoms with E-state index < -0.39 is 12.0 Å². The van der Waals surface area contributed by atoms with Gasteiger partial charge in [-0.2, -0.15) is 0 Å². The van der Waals surface area contributed by atoms with E-state index >= 15 is 0 Å². The number of benzene rings is 1. The molecular weight excluding hydrogens is 312 g/mol. The van der Waals surface area contributed by atoms with Crippen molar-refractivity contribution >= 4 is 17.6 Å². The molecule has 1 aromatic heterocycles. The van der Waals surface area contributed by atoms with Crippen molar-refractivity contribution in [2.75, 3.05) is 6.54 Å². The maximum Gasteiger partial charge on any atom is 0.320 e. The summed E-state index contributed by atoms with van der Waals surface area (Å²) in [4.78, 5) is 18.2. The lowest BCUT2D eigenvalue weighted by Gasteiger charge is -2.32. The van der Waals surface area contributed by atoms with Crippen LogP contribution in [0.2, 0.25) is 5.02 Å². The van der Waals surface area contributed by atoms with Crippen LogP contribution in [0.1, 0.15) is 35.7 Å². The maximum absolute atomic E-state index is 11.6. The number of rotatable bonds is 4. The fourth-order valence-electron chi connectivity index (χ4n) is 3.33. The molecule has 1 saturated heterocycles. The monoisotopic (exact) mass is 330 g/mol. The van der Waals surface area contributed by atoms with Crippen molar-refractivity contribution in [3.63, 3.8) is 0 Å². The van der Waals surface area contributed by atoms with Gasteiger partial charge in [0.05, 0.1) is 11.7 Å². The average Bonchev–Trinajstić information content (AvgIpc) is 2.99. The summed E-state index contributed by atoms with van der Waals surface area (Å²) in [5, 5.41) is 10.2. The molecule has 0 spiro atoms. The summed E-state index contributed by atoms with van der Waals surface area (Å²) >= 11 is 6.17. The van der Waals surface area contributed by atoms with E-state index in [2.05, 4.69) is 4.98 Å². The largest absolute Gasteiger partial charge is 0.480 e. The lowest BCUT2D eigenvalue weighted by atomic mass is 9.97. The number of likely N-dealkylation sites (tertiary alicyclic amines) is 1. The van der Waals surface area contributed by atoms with Gasteiger partial charge in [-0.15, -0.1) is 0 Å². The fraction of sp³-hybridized carbons (Fsp3) is 0.333. The van der Waals surface area contributed by atoms with E-state index in [1.165, 1.54) is 0 Å². The SMILES string of the molecule is Cc1cccnc1C(c1cccc(Cl)c1)N1CCCC1C(=O)O. The highest BCUT2D eigenvalue weighted by molar-refractivity contribution is 6.30. The molecular formula is C18H19ClN2O2. The minimum atomic E-state index is -0.775. The van der Waals surface area contributed by atoms with Crippen molar-refractivity contribution in [2.24, 2.45) is 0 Å². The Morgan fingerprint density at radius 2 is 2.22 bits per heavy atom. The van der Waals surface area contributed by atoms with Crippen molar-refractivity contribution < 1.29 is 9.90 Å². The molecule has 5 heteroatoms. The summed E-state index contributed by atoms with van der Waals surface area (Å²) in [6, 6.07) is 10.8. The summed E-state index contributed by atoms with van der Waals surface area (Å²) in [5.41, 5.74) is 2.92. The van der Waals surface area contributed by atoms with Gasteiger partial charge in [0.1, 0.15) is 6.04 Å². The quantitative estimate of drug-likeness (QED) is 0.929. The van der Waals surface area contributed by atoms with E-state index in [4.69, 9.17) is 11.6 Å². The van der Waals surface area contributed by atoms with Crippen molar-refractivity contribution in [1.29, 1.82) is 0 Å². The lowest BCUT2D eigenvalue weighted by Crippen LogP contribution is -2.39. The number of nitrogens with zero attached hydrogens (tertiary/aromatic N) is 2. The molecule has 4 nitrogen and oxygen atoms in total. The number of hydrogen-bond acceptors (Lipinski definition) is 3. The van der Waals surface area contributed by atoms with Crippen LogP contribution in [0.4, 0.5) is 0 Å². The lowest BCUT2D eigenvalue weighted by molar-refractivity contribution is -0.142. The molecule has 2 atom stereocenters. The third-order valence-electron chi connectivity index (χ3n) is 4.38. The number of carbonyl (C=O) groups is 1. The highest BCUT2D eigenvalue weighted by Crippen LogP contribution is 2.36. The Labute approximate surface area is 140 Å². The molecule has 2 aromatic rings. The molecule has 1 fully saturated rings. The number of aromatic nitrogens is 1. The smallest absolute Gasteiger partial charge is 0.320 e.